The van der Waals surface area contributed by atoms with E-state index < -0.39 is 0 Å². The summed E-state index contributed by atoms with van der Waals surface area (Å²) >= 11 is 1.41. The third-order valence-corrected chi connectivity index (χ3v) is 6.25. The molecule has 1 aliphatic heterocycles. The highest BCUT2D eigenvalue weighted by atomic mass is 32.2. The molecule has 2 amide bonds. The van der Waals surface area contributed by atoms with Gasteiger partial charge in [-0.05, 0) is 68.1 Å². The molecule has 3 rings (SSSR count). The molecule has 0 unspecified atom stereocenters. The summed E-state index contributed by atoms with van der Waals surface area (Å²) in [5.74, 6) is -0.650. The van der Waals surface area contributed by atoms with Crippen molar-refractivity contribution in [1.29, 1.82) is 0 Å². The Morgan fingerprint density at radius 1 is 1.03 bits per heavy atom. The highest BCUT2D eigenvalue weighted by molar-refractivity contribution is 7.99. The molecule has 0 atom stereocenters. The Kier molecular flexibility index (Phi) is 8.28. The van der Waals surface area contributed by atoms with Gasteiger partial charge in [0.05, 0.1) is 31.9 Å². The maximum Gasteiger partial charge on any atom is 0.251 e. The maximum absolute atomic E-state index is 13.1. The fourth-order valence-corrected chi connectivity index (χ4v) is 4.49. The lowest BCUT2D eigenvalue weighted by Crippen LogP contribution is -3.12. The van der Waals surface area contributed by atoms with Crippen molar-refractivity contribution >= 4 is 29.3 Å². The van der Waals surface area contributed by atoms with Gasteiger partial charge in [0.1, 0.15) is 5.82 Å². The lowest BCUT2D eigenvalue weighted by molar-refractivity contribution is -0.898. The predicted octanol–water partition coefficient (Wildman–Crippen LogP) is 3.12. The number of anilines is 1. The number of hydrogen-bond acceptors (Lipinski definition) is 3. The first-order valence-electron chi connectivity index (χ1n) is 10.5. The summed E-state index contributed by atoms with van der Waals surface area (Å²) in [5.41, 5.74) is 1.08. The molecule has 0 bridgehead atoms. The Labute approximate surface area is 181 Å². The van der Waals surface area contributed by atoms with Gasteiger partial charge >= 0.3 is 0 Å². The molecule has 1 aliphatic rings. The van der Waals surface area contributed by atoms with Crippen molar-refractivity contribution in [2.24, 2.45) is 0 Å². The summed E-state index contributed by atoms with van der Waals surface area (Å²) in [6.45, 7) is 5.36. The van der Waals surface area contributed by atoms with E-state index in [-0.39, 0.29) is 17.6 Å². The fraction of sp³-hybridized carbons (Fsp3) is 0.391. The number of nitrogens with one attached hydrogen (secondary N) is 3. The lowest BCUT2D eigenvalue weighted by atomic mass is 10.2. The normalized spacial score (nSPS) is 14.7. The molecule has 0 saturated carbocycles. The van der Waals surface area contributed by atoms with Crippen molar-refractivity contribution < 1.29 is 18.9 Å². The van der Waals surface area contributed by atoms with E-state index in [1.165, 1.54) is 69.6 Å². The number of rotatable bonds is 7. The van der Waals surface area contributed by atoms with Gasteiger partial charge < -0.3 is 15.5 Å². The second kappa shape index (κ2) is 11.1. The van der Waals surface area contributed by atoms with Crippen LogP contribution in [0.3, 0.4) is 0 Å². The average Bonchev–Trinajstić information content (AvgIpc) is 2.99. The molecule has 0 aromatic heterocycles. The SMILES string of the molecule is CC(=O)Nc1cc(C(=O)NCC[NH+]2CCCCCC2)ccc1Sc1ccc(F)cc1. The Morgan fingerprint density at radius 3 is 2.40 bits per heavy atom. The Hall–Kier alpha value is -2.38. The van der Waals surface area contributed by atoms with Crippen LogP contribution in [-0.2, 0) is 4.79 Å². The van der Waals surface area contributed by atoms with Gasteiger partial charge in [-0.2, -0.15) is 0 Å². The molecular formula is C23H29FN3O2S+. The highest BCUT2D eigenvalue weighted by Gasteiger charge is 2.14. The van der Waals surface area contributed by atoms with Gasteiger partial charge in [-0.3, -0.25) is 9.59 Å². The summed E-state index contributed by atoms with van der Waals surface area (Å²) < 4.78 is 13.1. The van der Waals surface area contributed by atoms with Crippen LogP contribution in [0.25, 0.3) is 0 Å². The molecular weight excluding hydrogens is 401 g/mol. The number of benzene rings is 2. The first kappa shape index (κ1) is 22.3. The van der Waals surface area contributed by atoms with E-state index in [1.54, 1.807) is 29.2 Å². The summed E-state index contributed by atoms with van der Waals surface area (Å²) in [6, 6.07) is 11.4. The van der Waals surface area contributed by atoms with E-state index in [2.05, 4.69) is 10.6 Å². The Bertz CT molecular complexity index is 865. The maximum atomic E-state index is 13.1. The van der Waals surface area contributed by atoms with Crippen molar-refractivity contribution in [3.05, 3.63) is 53.8 Å². The minimum absolute atomic E-state index is 0.144. The monoisotopic (exact) mass is 430 g/mol. The van der Waals surface area contributed by atoms with Gasteiger partial charge in [0.25, 0.3) is 5.91 Å². The van der Waals surface area contributed by atoms with Crippen molar-refractivity contribution in [3.63, 3.8) is 0 Å². The van der Waals surface area contributed by atoms with Gasteiger partial charge in [-0.25, -0.2) is 4.39 Å². The summed E-state index contributed by atoms with van der Waals surface area (Å²) in [4.78, 5) is 27.5. The molecule has 7 heteroatoms. The lowest BCUT2D eigenvalue weighted by Gasteiger charge is -2.17. The van der Waals surface area contributed by atoms with Crippen LogP contribution in [0.1, 0.15) is 43.0 Å². The second-order valence-electron chi connectivity index (χ2n) is 7.62. The number of carbonyl (C=O) groups excluding carboxylic acids is 2. The van der Waals surface area contributed by atoms with Crippen molar-refractivity contribution in [2.45, 2.75) is 42.4 Å². The number of carbonyl (C=O) groups is 2. The van der Waals surface area contributed by atoms with Crippen LogP contribution in [0.4, 0.5) is 10.1 Å². The quantitative estimate of drug-likeness (QED) is 0.633. The topological polar surface area (TPSA) is 62.6 Å². The first-order chi connectivity index (χ1) is 14.5. The van der Waals surface area contributed by atoms with Gasteiger partial charge in [-0.1, -0.05) is 11.8 Å². The zero-order valence-corrected chi connectivity index (χ0v) is 18.1. The number of hydrogen-bond donors (Lipinski definition) is 3. The van der Waals surface area contributed by atoms with Crippen molar-refractivity contribution in [2.75, 3.05) is 31.5 Å². The molecule has 5 nitrogen and oxygen atoms in total. The summed E-state index contributed by atoms with van der Waals surface area (Å²) in [7, 11) is 0. The van der Waals surface area contributed by atoms with Crippen LogP contribution in [0, 0.1) is 5.82 Å². The number of quaternary nitrogens is 1. The zero-order valence-electron chi connectivity index (χ0n) is 17.3. The van der Waals surface area contributed by atoms with E-state index in [0.717, 1.165) is 16.3 Å². The zero-order chi connectivity index (χ0) is 21.3. The first-order valence-corrected chi connectivity index (χ1v) is 11.3. The number of halogens is 1. The van der Waals surface area contributed by atoms with E-state index >= 15 is 0 Å². The largest absolute Gasteiger partial charge is 0.346 e. The number of amides is 2. The van der Waals surface area contributed by atoms with Gasteiger partial charge in [0.2, 0.25) is 5.91 Å². The predicted molar refractivity (Wildman–Crippen MR) is 118 cm³/mol. The van der Waals surface area contributed by atoms with Crippen molar-refractivity contribution in [1.82, 2.24) is 5.32 Å². The molecule has 30 heavy (non-hydrogen) atoms. The third-order valence-electron chi connectivity index (χ3n) is 5.17. The Morgan fingerprint density at radius 2 is 1.73 bits per heavy atom. The molecule has 2 aromatic carbocycles. The van der Waals surface area contributed by atoms with E-state index in [9.17, 15) is 14.0 Å². The van der Waals surface area contributed by atoms with E-state index in [1.807, 2.05) is 6.07 Å². The van der Waals surface area contributed by atoms with Crippen LogP contribution in [-0.4, -0.2) is 38.0 Å². The number of likely N-dealkylation sites (tertiary alicyclic amines) is 1. The summed E-state index contributed by atoms with van der Waals surface area (Å²) in [6.07, 6.45) is 5.14. The molecule has 0 radical (unpaired) electrons. The molecule has 160 valence electrons. The standard InChI is InChI=1S/C23H28FN3O2S/c1-17(28)26-21-16-18(6-11-22(21)30-20-9-7-19(24)8-10-20)23(29)25-12-15-27-13-4-2-3-5-14-27/h6-11,16H,2-5,12-15H2,1H3,(H,25,29)(H,26,28)/p+1. The molecule has 1 fully saturated rings. The van der Waals surface area contributed by atoms with Gasteiger partial charge in [0.15, 0.2) is 0 Å². The minimum atomic E-state index is -0.296. The van der Waals surface area contributed by atoms with Crippen LogP contribution in [0.2, 0.25) is 0 Å². The van der Waals surface area contributed by atoms with E-state index in [4.69, 9.17) is 0 Å². The third kappa shape index (κ3) is 6.85. The molecule has 3 N–H and O–H groups in total. The molecule has 0 aliphatic carbocycles. The minimum Gasteiger partial charge on any atom is -0.346 e. The Balaban J connectivity index is 1.64. The second-order valence-corrected chi connectivity index (χ2v) is 8.73. The van der Waals surface area contributed by atoms with Gasteiger partial charge in [0, 0.05) is 22.3 Å². The van der Waals surface area contributed by atoms with Crippen LogP contribution >= 0.6 is 11.8 Å². The molecule has 1 heterocycles. The molecule has 2 aromatic rings. The van der Waals surface area contributed by atoms with Crippen LogP contribution in [0.15, 0.2) is 52.3 Å². The molecule has 0 spiro atoms. The smallest absolute Gasteiger partial charge is 0.251 e. The highest BCUT2D eigenvalue weighted by Crippen LogP contribution is 2.34. The fourth-order valence-electron chi connectivity index (χ4n) is 3.61. The van der Waals surface area contributed by atoms with Crippen molar-refractivity contribution in [3.8, 4) is 0 Å². The van der Waals surface area contributed by atoms with E-state index in [0.29, 0.717) is 17.8 Å². The average molecular weight is 431 g/mol. The van der Waals surface area contributed by atoms with Gasteiger partial charge in [-0.15, -0.1) is 0 Å². The van der Waals surface area contributed by atoms with Crippen LogP contribution < -0.4 is 15.5 Å². The molecule has 1 saturated heterocycles. The van der Waals surface area contributed by atoms with Crippen LogP contribution in [0.5, 0.6) is 0 Å². The summed E-state index contributed by atoms with van der Waals surface area (Å²) in [5, 5.41) is 5.80.